The first-order chi connectivity index (χ1) is 8.37. The van der Waals surface area contributed by atoms with Crippen LogP contribution >= 0.6 is 27.3 Å². The normalized spacial score (nSPS) is 24.2. The zero-order valence-corrected chi connectivity index (χ0v) is 13.2. The fourth-order valence-corrected chi connectivity index (χ4v) is 3.41. The predicted molar refractivity (Wildman–Crippen MR) is 77.0 cm³/mol. The van der Waals surface area contributed by atoms with Crippen LogP contribution in [0.5, 0.6) is 0 Å². The molecule has 100 valence electrons. The quantitative estimate of drug-likeness (QED) is 0.846. The molecular formula is C13H18BrNO2S. The van der Waals surface area contributed by atoms with Crippen molar-refractivity contribution in [1.29, 1.82) is 0 Å². The van der Waals surface area contributed by atoms with Crippen LogP contribution in [0, 0.1) is 5.92 Å². The number of rotatable bonds is 2. The molecule has 3 nitrogen and oxygen atoms in total. The van der Waals surface area contributed by atoms with Gasteiger partial charge in [-0.3, -0.25) is 4.79 Å². The summed E-state index contributed by atoms with van der Waals surface area (Å²) in [6.45, 7) is 7.26. The van der Waals surface area contributed by atoms with Crippen LogP contribution in [-0.2, 0) is 9.53 Å². The van der Waals surface area contributed by atoms with Crippen molar-refractivity contribution >= 4 is 33.2 Å². The summed E-state index contributed by atoms with van der Waals surface area (Å²) in [5, 5.41) is 5.40. The Morgan fingerprint density at radius 3 is 2.78 bits per heavy atom. The zero-order valence-electron chi connectivity index (χ0n) is 10.8. The highest BCUT2D eigenvalue weighted by molar-refractivity contribution is 9.11. The Hall–Kier alpha value is -0.390. The second-order valence-electron chi connectivity index (χ2n) is 5.59. The molecule has 1 fully saturated rings. The van der Waals surface area contributed by atoms with Crippen molar-refractivity contribution in [3.63, 3.8) is 0 Å². The lowest BCUT2D eigenvalue weighted by Crippen LogP contribution is -2.31. The molecule has 18 heavy (non-hydrogen) atoms. The van der Waals surface area contributed by atoms with Gasteiger partial charge in [0.15, 0.2) is 0 Å². The lowest BCUT2D eigenvalue weighted by atomic mass is 9.91. The van der Waals surface area contributed by atoms with Crippen LogP contribution in [-0.4, -0.2) is 24.7 Å². The highest BCUT2D eigenvalue weighted by atomic mass is 79.9. The van der Waals surface area contributed by atoms with E-state index in [9.17, 15) is 4.79 Å². The molecule has 2 unspecified atom stereocenters. The maximum atomic E-state index is 12.2. The first-order valence-electron chi connectivity index (χ1n) is 6.04. The van der Waals surface area contributed by atoms with E-state index in [1.54, 1.807) is 11.3 Å². The molecule has 0 spiro atoms. The molecule has 0 aromatic carbocycles. The highest BCUT2D eigenvalue weighted by Gasteiger charge is 2.37. The molecule has 1 aromatic heterocycles. The standard InChI is InChI=1S/C13H18BrNO2S/c1-13(2,3)17-12(16)10-6-15-5-9(10)8-4-11(14)18-7-8/h4,7,9-10,15H,5-6H2,1-3H3. The number of thiophene rings is 1. The molecule has 0 bridgehead atoms. The molecule has 0 radical (unpaired) electrons. The van der Waals surface area contributed by atoms with E-state index < -0.39 is 5.60 Å². The summed E-state index contributed by atoms with van der Waals surface area (Å²) in [6, 6.07) is 2.10. The Balaban J connectivity index is 2.10. The Bertz CT molecular complexity index is 438. The van der Waals surface area contributed by atoms with E-state index >= 15 is 0 Å². The van der Waals surface area contributed by atoms with Crippen molar-refractivity contribution in [2.24, 2.45) is 5.92 Å². The maximum Gasteiger partial charge on any atom is 0.311 e. The number of hydrogen-bond acceptors (Lipinski definition) is 4. The van der Waals surface area contributed by atoms with Crippen molar-refractivity contribution in [1.82, 2.24) is 5.32 Å². The third-order valence-corrected chi connectivity index (χ3v) is 4.46. The van der Waals surface area contributed by atoms with Gasteiger partial charge in [-0.05, 0) is 53.7 Å². The summed E-state index contributed by atoms with van der Waals surface area (Å²) in [4.78, 5) is 12.2. The lowest BCUT2D eigenvalue weighted by molar-refractivity contribution is -0.159. The highest BCUT2D eigenvalue weighted by Crippen LogP contribution is 2.34. The van der Waals surface area contributed by atoms with E-state index in [0.29, 0.717) is 6.54 Å². The summed E-state index contributed by atoms with van der Waals surface area (Å²) in [7, 11) is 0. The second kappa shape index (κ2) is 5.31. The van der Waals surface area contributed by atoms with Gasteiger partial charge in [-0.15, -0.1) is 11.3 Å². The molecule has 1 aliphatic rings. The Morgan fingerprint density at radius 1 is 1.50 bits per heavy atom. The summed E-state index contributed by atoms with van der Waals surface area (Å²) >= 11 is 5.12. The molecule has 1 aliphatic heterocycles. The van der Waals surface area contributed by atoms with Gasteiger partial charge in [0.1, 0.15) is 5.60 Å². The SMILES string of the molecule is CC(C)(C)OC(=O)C1CNCC1c1csc(Br)c1. The summed E-state index contributed by atoms with van der Waals surface area (Å²) < 4.78 is 6.60. The van der Waals surface area contributed by atoms with Gasteiger partial charge in [-0.2, -0.15) is 0 Å². The first-order valence-corrected chi connectivity index (χ1v) is 7.71. The maximum absolute atomic E-state index is 12.2. The molecule has 1 saturated heterocycles. The number of carbonyl (C=O) groups is 1. The first kappa shape index (κ1) is 14.0. The minimum Gasteiger partial charge on any atom is -0.460 e. The van der Waals surface area contributed by atoms with E-state index in [1.165, 1.54) is 5.56 Å². The summed E-state index contributed by atoms with van der Waals surface area (Å²) in [5.41, 5.74) is 0.798. The van der Waals surface area contributed by atoms with E-state index in [4.69, 9.17) is 4.74 Å². The molecule has 2 heterocycles. The molecule has 2 rings (SSSR count). The Morgan fingerprint density at radius 2 is 2.22 bits per heavy atom. The number of carbonyl (C=O) groups excluding carboxylic acids is 1. The van der Waals surface area contributed by atoms with Gasteiger partial charge in [0.25, 0.3) is 0 Å². The number of nitrogens with one attached hydrogen (secondary N) is 1. The monoisotopic (exact) mass is 331 g/mol. The van der Waals surface area contributed by atoms with E-state index in [1.807, 2.05) is 20.8 Å². The van der Waals surface area contributed by atoms with Crippen LogP contribution < -0.4 is 5.32 Å². The van der Waals surface area contributed by atoms with Crippen LogP contribution in [0.1, 0.15) is 32.3 Å². The Labute approximate surface area is 120 Å². The zero-order chi connectivity index (χ0) is 13.3. The van der Waals surface area contributed by atoms with Gasteiger partial charge in [-0.1, -0.05) is 0 Å². The number of halogens is 1. The smallest absolute Gasteiger partial charge is 0.311 e. The fourth-order valence-electron chi connectivity index (χ4n) is 2.17. The van der Waals surface area contributed by atoms with Crippen LogP contribution in [0.4, 0.5) is 0 Å². The van der Waals surface area contributed by atoms with E-state index in [2.05, 4.69) is 32.7 Å². The summed E-state index contributed by atoms with van der Waals surface area (Å²) in [5.74, 6) is 0.0490. The van der Waals surface area contributed by atoms with Gasteiger partial charge in [0.05, 0.1) is 9.70 Å². The van der Waals surface area contributed by atoms with Gasteiger partial charge < -0.3 is 10.1 Å². The topological polar surface area (TPSA) is 38.3 Å². The number of hydrogen-bond donors (Lipinski definition) is 1. The van der Waals surface area contributed by atoms with Crippen molar-refractivity contribution in [3.05, 3.63) is 20.8 Å². The molecule has 1 aromatic rings. The molecular weight excluding hydrogens is 314 g/mol. The van der Waals surface area contributed by atoms with Crippen LogP contribution in [0.2, 0.25) is 0 Å². The van der Waals surface area contributed by atoms with Crippen molar-refractivity contribution in [2.45, 2.75) is 32.3 Å². The molecule has 2 atom stereocenters. The molecule has 1 N–H and O–H groups in total. The lowest BCUT2D eigenvalue weighted by Gasteiger charge is -2.24. The summed E-state index contributed by atoms with van der Waals surface area (Å²) in [6.07, 6.45) is 0. The average molecular weight is 332 g/mol. The third-order valence-electron chi connectivity index (χ3n) is 2.94. The molecule has 0 aliphatic carbocycles. The molecule has 0 saturated carbocycles. The van der Waals surface area contributed by atoms with Gasteiger partial charge in [0.2, 0.25) is 0 Å². The van der Waals surface area contributed by atoms with Gasteiger partial charge in [-0.25, -0.2) is 0 Å². The number of ether oxygens (including phenoxy) is 1. The largest absolute Gasteiger partial charge is 0.460 e. The third kappa shape index (κ3) is 3.33. The van der Waals surface area contributed by atoms with Crippen LogP contribution in [0.25, 0.3) is 0 Å². The minimum atomic E-state index is -0.417. The number of esters is 1. The van der Waals surface area contributed by atoms with E-state index in [-0.39, 0.29) is 17.8 Å². The van der Waals surface area contributed by atoms with Crippen LogP contribution in [0.3, 0.4) is 0 Å². The van der Waals surface area contributed by atoms with Gasteiger partial charge >= 0.3 is 5.97 Å². The second-order valence-corrected chi connectivity index (χ2v) is 7.88. The van der Waals surface area contributed by atoms with Gasteiger partial charge in [0, 0.05) is 19.0 Å². The van der Waals surface area contributed by atoms with E-state index in [0.717, 1.165) is 10.3 Å². The fraction of sp³-hybridized carbons (Fsp3) is 0.615. The van der Waals surface area contributed by atoms with Crippen LogP contribution in [0.15, 0.2) is 15.2 Å². The van der Waals surface area contributed by atoms with Crippen molar-refractivity contribution < 1.29 is 9.53 Å². The Kier molecular flexibility index (Phi) is 4.14. The predicted octanol–water partition coefficient (Wildman–Crippen LogP) is 3.16. The van der Waals surface area contributed by atoms with Crippen molar-refractivity contribution in [3.8, 4) is 0 Å². The average Bonchev–Trinajstić information content (AvgIpc) is 2.81. The minimum absolute atomic E-state index is 0.0780. The molecule has 0 amide bonds. The van der Waals surface area contributed by atoms with Crippen molar-refractivity contribution in [2.75, 3.05) is 13.1 Å². The molecule has 5 heteroatoms.